The number of nitrogens with one attached hydrogen (secondary N) is 1. The van der Waals surface area contributed by atoms with E-state index >= 15 is 0 Å². The SMILES string of the molecule is O=C(C[C@@H]1C[C@H]2O[C@H](CNC3CCCCC3)[C@@H](O)[C@H]2O1)N1CCOCC1. The molecule has 0 aromatic rings. The maximum Gasteiger partial charge on any atom is 0.225 e. The molecule has 1 amide bonds. The van der Waals surface area contributed by atoms with Crippen molar-refractivity contribution in [2.24, 2.45) is 0 Å². The number of rotatable bonds is 5. The fourth-order valence-corrected chi connectivity index (χ4v) is 4.74. The predicted molar refractivity (Wildman–Crippen MR) is 94.8 cm³/mol. The van der Waals surface area contributed by atoms with Crippen LogP contribution in [0, 0.1) is 0 Å². The first-order valence-corrected chi connectivity index (χ1v) is 10.3. The average molecular weight is 368 g/mol. The molecule has 0 bridgehead atoms. The quantitative estimate of drug-likeness (QED) is 0.733. The van der Waals surface area contributed by atoms with Crippen molar-refractivity contribution in [2.75, 3.05) is 32.8 Å². The lowest BCUT2D eigenvalue weighted by Crippen LogP contribution is -2.43. The van der Waals surface area contributed by atoms with Crippen molar-refractivity contribution >= 4 is 5.91 Å². The summed E-state index contributed by atoms with van der Waals surface area (Å²) in [6.07, 6.45) is 6.06. The molecule has 148 valence electrons. The third-order valence-electron chi connectivity index (χ3n) is 6.26. The van der Waals surface area contributed by atoms with Crippen LogP contribution in [0.25, 0.3) is 0 Å². The van der Waals surface area contributed by atoms with Crippen LogP contribution in [0.5, 0.6) is 0 Å². The minimum absolute atomic E-state index is 0.0920. The summed E-state index contributed by atoms with van der Waals surface area (Å²) in [5.41, 5.74) is 0. The standard InChI is InChI=1S/C19H32N2O5/c22-17(21-6-8-24-9-7-21)11-14-10-15-19(25-14)18(23)16(26-15)12-20-13-4-2-1-3-5-13/h13-16,18-20,23H,1-12H2/t14-,15+,16+,18+,19-/m0/s1. The molecular formula is C19H32N2O5. The molecule has 1 saturated carbocycles. The summed E-state index contributed by atoms with van der Waals surface area (Å²) >= 11 is 0. The van der Waals surface area contributed by atoms with Crippen LogP contribution < -0.4 is 5.32 Å². The van der Waals surface area contributed by atoms with Crippen molar-refractivity contribution in [3.8, 4) is 0 Å². The number of carbonyl (C=O) groups is 1. The van der Waals surface area contributed by atoms with Gasteiger partial charge in [-0.05, 0) is 12.8 Å². The topological polar surface area (TPSA) is 80.3 Å². The van der Waals surface area contributed by atoms with E-state index in [4.69, 9.17) is 14.2 Å². The number of carbonyl (C=O) groups excluding carboxylic acids is 1. The van der Waals surface area contributed by atoms with E-state index in [9.17, 15) is 9.90 Å². The number of amides is 1. The zero-order valence-corrected chi connectivity index (χ0v) is 15.5. The summed E-state index contributed by atoms with van der Waals surface area (Å²) in [4.78, 5) is 14.2. The van der Waals surface area contributed by atoms with E-state index in [-0.39, 0.29) is 30.3 Å². The number of fused-ring (bicyclic) bond motifs is 1. The fourth-order valence-electron chi connectivity index (χ4n) is 4.74. The van der Waals surface area contributed by atoms with E-state index in [0.29, 0.717) is 51.7 Å². The maximum atomic E-state index is 12.4. The molecule has 5 atom stereocenters. The van der Waals surface area contributed by atoms with Gasteiger partial charge < -0.3 is 29.5 Å². The van der Waals surface area contributed by atoms with Gasteiger partial charge in [0.2, 0.25) is 5.91 Å². The molecule has 0 spiro atoms. The second-order valence-corrected chi connectivity index (χ2v) is 8.10. The highest BCUT2D eigenvalue weighted by atomic mass is 16.6. The van der Waals surface area contributed by atoms with Crippen LogP contribution in [-0.4, -0.2) is 85.3 Å². The Balaban J connectivity index is 1.21. The molecule has 3 aliphatic heterocycles. The molecule has 0 aromatic heterocycles. The van der Waals surface area contributed by atoms with Crippen LogP contribution in [0.4, 0.5) is 0 Å². The van der Waals surface area contributed by atoms with Crippen LogP contribution in [0.1, 0.15) is 44.9 Å². The molecule has 3 saturated heterocycles. The maximum absolute atomic E-state index is 12.4. The average Bonchev–Trinajstić information content (AvgIpc) is 3.20. The fraction of sp³-hybridized carbons (Fsp3) is 0.947. The molecule has 0 aromatic carbocycles. The number of morpholine rings is 1. The lowest BCUT2D eigenvalue weighted by atomic mass is 9.95. The minimum atomic E-state index is -0.612. The molecule has 4 rings (SSSR count). The number of aliphatic hydroxyl groups is 1. The van der Waals surface area contributed by atoms with Gasteiger partial charge in [0.25, 0.3) is 0 Å². The molecule has 0 radical (unpaired) electrons. The van der Waals surface area contributed by atoms with Crippen molar-refractivity contribution in [3.05, 3.63) is 0 Å². The van der Waals surface area contributed by atoms with Crippen LogP contribution in [-0.2, 0) is 19.0 Å². The summed E-state index contributed by atoms with van der Waals surface area (Å²) < 4.78 is 17.4. The second-order valence-electron chi connectivity index (χ2n) is 8.10. The molecule has 7 heteroatoms. The Morgan fingerprint density at radius 1 is 1.12 bits per heavy atom. The number of hydrogen-bond donors (Lipinski definition) is 2. The Morgan fingerprint density at radius 3 is 2.62 bits per heavy atom. The zero-order valence-electron chi connectivity index (χ0n) is 15.5. The van der Waals surface area contributed by atoms with Gasteiger partial charge in [0.05, 0.1) is 37.9 Å². The first-order valence-electron chi connectivity index (χ1n) is 10.3. The molecule has 0 unspecified atom stereocenters. The molecule has 26 heavy (non-hydrogen) atoms. The van der Waals surface area contributed by atoms with Crippen LogP contribution in [0.15, 0.2) is 0 Å². The third kappa shape index (κ3) is 4.22. The summed E-state index contributed by atoms with van der Waals surface area (Å²) in [5.74, 6) is 0.114. The first-order chi connectivity index (χ1) is 12.7. The van der Waals surface area contributed by atoms with Crippen molar-refractivity contribution < 1.29 is 24.1 Å². The Morgan fingerprint density at radius 2 is 1.88 bits per heavy atom. The van der Waals surface area contributed by atoms with E-state index in [1.54, 1.807) is 0 Å². The summed E-state index contributed by atoms with van der Waals surface area (Å²) in [6, 6.07) is 0.555. The van der Waals surface area contributed by atoms with Crippen molar-refractivity contribution in [2.45, 2.75) is 81.5 Å². The van der Waals surface area contributed by atoms with E-state index in [1.165, 1.54) is 32.1 Å². The van der Waals surface area contributed by atoms with E-state index in [0.717, 1.165) is 0 Å². The van der Waals surface area contributed by atoms with Crippen LogP contribution in [0.3, 0.4) is 0 Å². The largest absolute Gasteiger partial charge is 0.388 e. The van der Waals surface area contributed by atoms with Crippen molar-refractivity contribution in [1.82, 2.24) is 10.2 Å². The summed E-state index contributed by atoms with van der Waals surface area (Å²) in [7, 11) is 0. The van der Waals surface area contributed by atoms with Crippen LogP contribution >= 0.6 is 0 Å². The van der Waals surface area contributed by atoms with Crippen LogP contribution in [0.2, 0.25) is 0 Å². The molecule has 4 aliphatic rings. The normalized spacial score (nSPS) is 38.5. The molecule has 2 N–H and O–H groups in total. The summed E-state index contributed by atoms with van der Waals surface area (Å²) in [5, 5.41) is 14.1. The van der Waals surface area contributed by atoms with Gasteiger partial charge in [-0.25, -0.2) is 0 Å². The van der Waals surface area contributed by atoms with Gasteiger partial charge in [0.1, 0.15) is 12.2 Å². The highest BCUT2D eigenvalue weighted by Gasteiger charge is 2.50. The van der Waals surface area contributed by atoms with Gasteiger partial charge in [-0.15, -0.1) is 0 Å². The van der Waals surface area contributed by atoms with Crippen molar-refractivity contribution in [3.63, 3.8) is 0 Å². The predicted octanol–water partition coefficient (Wildman–Crippen LogP) is 0.443. The third-order valence-corrected chi connectivity index (χ3v) is 6.26. The Hall–Kier alpha value is -0.730. The van der Waals surface area contributed by atoms with Gasteiger partial charge >= 0.3 is 0 Å². The summed E-state index contributed by atoms with van der Waals surface area (Å²) in [6.45, 7) is 3.22. The van der Waals surface area contributed by atoms with Crippen molar-refractivity contribution in [1.29, 1.82) is 0 Å². The Labute approximate surface area is 155 Å². The second kappa shape index (κ2) is 8.52. The lowest BCUT2D eigenvalue weighted by Gasteiger charge is -2.28. The minimum Gasteiger partial charge on any atom is -0.388 e. The molecule has 4 fully saturated rings. The number of aliphatic hydroxyl groups excluding tert-OH is 1. The Kier molecular flexibility index (Phi) is 6.10. The smallest absolute Gasteiger partial charge is 0.225 e. The monoisotopic (exact) mass is 368 g/mol. The van der Waals surface area contributed by atoms with E-state index in [2.05, 4.69) is 5.32 Å². The number of hydrogen-bond acceptors (Lipinski definition) is 6. The van der Waals surface area contributed by atoms with Gasteiger partial charge in [-0.1, -0.05) is 19.3 Å². The van der Waals surface area contributed by atoms with Gasteiger partial charge in [0.15, 0.2) is 0 Å². The highest BCUT2D eigenvalue weighted by molar-refractivity contribution is 5.76. The number of nitrogens with zero attached hydrogens (tertiary/aromatic N) is 1. The van der Waals surface area contributed by atoms with E-state index in [1.807, 2.05) is 4.90 Å². The highest BCUT2D eigenvalue weighted by Crippen LogP contribution is 2.35. The Bertz CT molecular complexity index is 479. The van der Waals surface area contributed by atoms with Gasteiger partial charge in [-0.2, -0.15) is 0 Å². The van der Waals surface area contributed by atoms with Gasteiger partial charge in [-0.3, -0.25) is 4.79 Å². The lowest BCUT2D eigenvalue weighted by molar-refractivity contribution is -0.138. The molecule has 3 heterocycles. The molecule has 1 aliphatic carbocycles. The van der Waals surface area contributed by atoms with Gasteiger partial charge in [0, 0.05) is 32.1 Å². The number of ether oxygens (including phenoxy) is 3. The van der Waals surface area contributed by atoms with E-state index < -0.39 is 6.10 Å². The first kappa shape index (κ1) is 18.6. The molecular weight excluding hydrogens is 336 g/mol. The molecule has 7 nitrogen and oxygen atoms in total. The zero-order chi connectivity index (χ0) is 17.9.